The van der Waals surface area contributed by atoms with Gasteiger partial charge in [0.1, 0.15) is 5.82 Å². The van der Waals surface area contributed by atoms with Crippen molar-refractivity contribution in [3.05, 3.63) is 29.8 Å². The molecule has 110 valence electrons. The van der Waals surface area contributed by atoms with Gasteiger partial charge in [-0.15, -0.1) is 0 Å². The molecule has 1 aromatic heterocycles. The lowest BCUT2D eigenvalue weighted by Gasteiger charge is -2.44. The van der Waals surface area contributed by atoms with Gasteiger partial charge in [-0.05, 0) is 31.4 Å². The summed E-state index contributed by atoms with van der Waals surface area (Å²) in [6, 6.07) is 3.20. The molecule has 0 saturated carbocycles. The third-order valence-electron chi connectivity index (χ3n) is 4.45. The number of rotatable bonds is 3. The lowest BCUT2D eigenvalue weighted by molar-refractivity contribution is -0.143. The minimum Gasteiger partial charge on any atom is -0.377 e. The molecule has 5 heteroatoms. The number of methoxy groups -OCH3 is 1. The second kappa shape index (κ2) is 5.76. The van der Waals surface area contributed by atoms with Crippen molar-refractivity contribution in [3.8, 4) is 0 Å². The first-order chi connectivity index (χ1) is 9.72. The summed E-state index contributed by atoms with van der Waals surface area (Å²) < 4.78 is 24.5. The summed E-state index contributed by atoms with van der Waals surface area (Å²) in [6.45, 7) is 3.39. The zero-order valence-corrected chi connectivity index (χ0v) is 11.8. The third-order valence-corrected chi connectivity index (χ3v) is 4.45. The molecule has 2 saturated heterocycles. The number of hydrogen-bond acceptors (Lipinski definition) is 4. The van der Waals surface area contributed by atoms with Crippen LogP contribution in [-0.4, -0.2) is 48.4 Å². The van der Waals surface area contributed by atoms with Gasteiger partial charge >= 0.3 is 0 Å². The molecule has 2 aliphatic heterocycles. The van der Waals surface area contributed by atoms with Crippen LogP contribution in [0.2, 0.25) is 0 Å². The fraction of sp³-hybridized carbons (Fsp3) is 0.667. The molecule has 0 N–H and O–H groups in total. The van der Waals surface area contributed by atoms with Crippen LogP contribution in [0.5, 0.6) is 0 Å². The number of piperidine rings is 1. The van der Waals surface area contributed by atoms with Crippen molar-refractivity contribution in [2.45, 2.75) is 37.5 Å². The summed E-state index contributed by atoms with van der Waals surface area (Å²) in [5.74, 6) is -0.291. The minimum absolute atomic E-state index is 0.0819. The molecule has 0 amide bonds. The molecule has 0 aliphatic carbocycles. The molecule has 1 aromatic rings. The predicted octanol–water partition coefficient (Wildman–Crippen LogP) is 1.99. The number of pyridine rings is 1. The lowest BCUT2D eigenvalue weighted by Crippen LogP contribution is -2.55. The van der Waals surface area contributed by atoms with Crippen LogP contribution in [0.3, 0.4) is 0 Å². The van der Waals surface area contributed by atoms with Gasteiger partial charge in [-0.25, -0.2) is 4.39 Å². The molecule has 0 unspecified atom stereocenters. The molecule has 3 heterocycles. The van der Waals surface area contributed by atoms with Gasteiger partial charge in [-0.2, -0.15) is 0 Å². The van der Waals surface area contributed by atoms with E-state index >= 15 is 0 Å². The van der Waals surface area contributed by atoms with Gasteiger partial charge in [-0.1, -0.05) is 0 Å². The number of aromatic nitrogens is 1. The van der Waals surface area contributed by atoms with Crippen molar-refractivity contribution in [2.24, 2.45) is 0 Å². The molecular weight excluding hydrogens is 259 g/mol. The SMILES string of the molecule is CO[C@H]1CN(Cc2ccc(F)cn2)CC[C@@]12CCCO2. The van der Waals surface area contributed by atoms with E-state index in [1.54, 1.807) is 13.2 Å². The zero-order chi connectivity index (χ0) is 14.0. The summed E-state index contributed by atoms with van der Waals surface area (Å²) in [6.07, 6.45) is 4.59. The van der Waals surface area contributed by atoms with E-state index in [9.17, 15) is 4.39 Å². The molecule has 2 aliphatic rings. The summed E-state index contributed by atoms with van der Waals surface area (Å²) in [5, 5.41) is 0. The van der Waals surface area contributed by atoms with Crippen LogP contribution >= 0.6 is 0 Å². The average molecular weight is 280 g/mol. The first kappa shape index (κ1) is 13.9. The number of halogens is 1. The van der Waals surface area contributed by atoms with E-state index in [0.717, 1.165) is 51.2 Å². The maximum Gasteiger partial charge on any atom is 0.141 e. The molecule has 4 nitrogen and oxygen atoms in total. The van der Waals surface area contributed by atoms with Crippen LogP contribution in [0, 0.1) is 5.82 Å². The number of nitrogens with zero attached hydrogens (tertiary/aromatic N) is 2. The highest BCUT2D eigenvalue weighted by Gasteiger charge is 2.46. The lowest BCUT2D eigenvalue weighted by atomic mass is 9.86. The Morgan fingerprint density at radius 2 is 2.40 bits per heavy atom. The molecule has 0 aromatic carbocycles. The first-order valence-electron chi connectivity index (χ1n) is 7.21. The maximum atomic E-state index is 12.9. The Morgan fingerprint density at radius 3 is 3.05 bits per heavy atom. The third kappa shape index (κ3) is 2.71. The Bertz CT molecular complexity index is 446. The van der Waals surface area contributed by atoms with Crippen molar-refractivity contribution in [1.29, 1.82) is 0 Å². The standard InChI is InChI=1S/C15H21FN2O2/c1-19-14-11-18(7-6-15(14)5-2-8-20-15)10-13-4-3-12(16)9-17-13/h3-4,9,14H,2,5-8,10-11H2,1H3/t14-,15-/m0/s1. The zero-order valence-electron chi connectivity index (χ0n) is 11.8. The Kier molecular flexibility index (Phi) is 4.01. The Hall–Kier alpha value is -1.04. The van der Waals surface area contributed by atoms with Crippen molar-refractivity contribution in [2.75, 3.05) is 26.8 Å². The smallest absolute Gasteiger partial charge is 0.141 e. The molecule has 1 spiro atoms. The van der Waals surface area contributed by atoms with Crippen molar-refractivity contribution >= 4 is 0 Å². The van der Waals surface area contributed by atoms with Crippen LogP contribution in [0.15, 0.2) is 18.3 Å². The maximum absolute atomic E-state index is 12.9. The number of ether oxygens (including phenoxy) is 2. The normalized spacial score (nSPS) is 31.0. The Morgan fingerprint density at radius 1 is 1.50 bits per heavy atom. The average Bonchev–Trinajstić information content (AvgIpc) is 2.93. The van der Waals surface area contributed by atoms with Crippen LogP contribution in [0.1, 0.15) is 25.0 Å². The predicted molar refractivity (Wildman–Crippen MR) is 72.8 cm³/mol. The van der Waals surface area contributed by atoms with Crippen molar-refractivity contribution < 1.29 is 13.9 Å². The van der Waals surface area contributed by atoms with Gasteiger partial charge in [0.25, 0.3) is 0 Å². The van der Waals surface area contributed by atoms with Crippen molar-refractivity contribution in [1.82, 2.24) is 9.88 Å². The quantitative estimate of drug-likeness (QED) is 0.848. The van der Waals surface area contributed by atoms with Crippen LogP contribution in [-0.2, 0) is 16.0 Å². The van der Waals surface area contributed by atoms with Gasteiger partial charge in [0.05, 0.1) is 23.6 Å². The van der Waals surface area contributed by atoms with E-state index in [-0.39, 0.29) is 17.5 Å². The van der Waals surface area contributed by atoms with Gasteiger partial charge in [0.15, 0.2) is 0 Å². The summed E-state index contributed by atoms with van der Waals surface area (Å²) in [5.41, 5.74) is 0.811. The topological polar surface area (TPSA) is 34.6 Å². The molecule has 2 fully saturated rings. The van der Waals surface area contributed by atoms with Gasteiger partial charge in [0.2, 0.25) is 0 Å². The fourth-order valence-corrected chi connectivity index (χ4v) is 3.33. The highest BCUT2D eigenvalue weighted by molar-refractivity contribution is 5.06. The first-order valence-corrected chi connectivity index (χ1v) is 7.21. The van der Waals surface area contributed by atoms with Crippen LogP contribution < -0.4 is 0 Å². The molecule has 0 bridgehead atoms. The van der Waals surface area contributed by atoms with Crippen LogP contribution in [0.4, 0.5) is 4.39 Å². The number of hydrogen-bond donors (Lipinski definition) is 0. The number of likely N-dealkylation sites (tertiary alicyclic amines) is 1. The van der Waals surface area contributed by atoms with Gasteiger partial charge < -0.3 is 9.47 Å². The van der Waals surface area contributed by atoms with E-state index in [0.29, 0.717) is 0 Å². The van der Waals surface area contributed by atoms with E-state index < -0.39 is 0 Å². The summed E-state index contributed by atoms with van der Waals surface area (Å²) in [4.78, 5) is 6.43. The van der Waals surface area contributed by atoms with E-state index in [4.69, 9.17) is 9.47 Å². The van der Waals surface area contributed by atoms with Crippen LogP contribution in [0.25, 0.3) is 0 Å². The minimum atomic E-state index is -0.291. The van der Waals surface area contributed by atoms with E-state index in [1.165, 1.54) is 12.3 Å². The summed E-state index contributed by atoms with van der Waals surface area (Å²) >= 11 is 0. The molecule has 3 rings (SSSR count). The Balaban J connectivity index is 1.64. The highest BCUT2D eigenvalue weighted by atomic mass is 19.1. The van der Waals surface area contributed by atoms with Crippen molar-refractivity contribution in [3.63, 3.8) is 0 Å². The highest BCUT2D eigenvalue weighted by Crippen LogP contribution is 2.37. The van der Waals surface area contributed by atoms with Gasteiger partial charge in [0, 0.05) is 33.4 Å². The summed E-state index contributed by atoms with van der Waals surface area (Å²) in [7, 11) is 1.76. The largest absolute Gasteiger partial charge is 0.377 e. The van der Waals surface area contributed by atoms with E-state index in [1.807, 2.05) is 0 Å². The molecule has 20 heavy (non-hydrogen) atoms. The molecule has 0 radical (unpaired) electrons. The second-order valence-electron chi connectivity index (χ2n) is 5.69. The van der Waals surface area contributed by atoms with Gasteiger partial charge in [-0.3, -0.25) is 9.88 Å². The second-order valence-corrected chi connectivity index (χ2v) is 5.69. The van der Waals surface area contributed by atoms with E-state index in [2.05, 4.69) is 9.88 Å². The molecular formula is C15H21FN2O2. The monoisotopic (exact) mass is 280 g/mol. The Labute approximate surface area is 118 Å². The fourth-order valence-electron chi connectivity index (χ4n) is 3.33. The molecule has 2 atom stereocenters.